The Balaban J connectivity index is -0.000000181. The van der Waals surface area contributed by atoms with E-state index in [1.54, 1.807) is 51.4 Å². The van der Waals surface area contributed by atoms with Crippen LogP contribution in [0.3, 0.4) is 0 Å². The third-order valence-electron chi connectivity index (χ3n) is 5.89. The number of ether oxygens (including phenoxy) is 2. The van der Waals surface area contributed by atoms with Gasteiger partial charge in [-0.25, -0.2) is 53.9 Å². The van der Waals surface area contributed by atoms with Crippen molar-refractivity contribution in [1.82, 2.24) is 49.8 Å². The minimum atomic E-state index is -3.80. The Labute approximate surface area is 507 Å². The average Bonchev–Trinajstić information content (AvgIpc) is 3.29. The molecular weight excluding hydrogens is 1520 g/mol. The maximum absolute atomic E-state index is 13.2. The molecular formula is C36H35Br2Cl5CuF9I2N10NaO6. The van der Waals surface area contributed by atoms with Crippen LogP contribution in [0.5, 0.6) is 0 Å². The molecule has 5 rings (SSSR count). The second kappa shape index (κ2) is 41.9. The summed E-state index contributed by atoms with van der Waals surface area (Å²) < 4.78 is 123. The van der Waals surface area contributed by atoms with Crippen molar-refractivity contribution in [2.75, 3.05) is 24.2 Å². The van der Waals surface area contributed by atoms with Crippen molar-refractivity contribution >= 4 is 153 Å². The molecule has 0 atom stereocenters. The molecule has 5 aromatic heterocycles. The Kier molecular flexibility index (Phi) is 47.7. The fourth-order valence-electron chi connectivity index (χ4n) is 2.95. The van der Waals surface area contributed by atoms with E-state index in [1.807, 2.05) is 15.9 Å². The number of hydrogen-bond acceptors (Lipinski definition) is 16. The molecule has 16 nitrogen and oxygen atoms in total. The van der Waals surface area contributed by atoms with E-state index >= 15 is 0 Å². The van der Waals surface area contributed by atoms with Gasteiger partial charge in [0.1, 0.15) is 59.8 Å². The van der Waals surface area contributed by atoms with Crippen molar-refractivity contribution in [3.63, 3.8) is 0 Å². The van der Waals surface area contributed by atoms with E-state index in [0.717, 1.165) is 37.2 Å². The van der Waals surface area contributed by atoms with Gasteiger partial charge >= 0.3 is 58.2 Å². The van der Waals surface area contributed by atoms with Crippen LogP contribution in [-0.4, -0.2) is 101 Å². The summed E-state index contributed by atoms with van der Waals surface area (Å²) >= 11 is 35.3. The van der Waals surface area contributed by atoms with E-state index in [1.165, 1.54) is 36.5 Å². The molecule has 72 heavy (non-hydrogen) atoms. The number of aliphatic hydroxyl groups excluding tert-OH is 1. The van der Waals surface area contributed by atoms with Crippen molar-refractivity contribution in [3.8, 4) is 0 Å². The van der Waals surface area contributed by atoms with Gasteiger partial charge in [0, 0.05) is 37.1 Å². The zero-order valence-electron chi connectivity index (χ0n) is 34.8. The van der Waals surface area contributed by atoms with E-state index in [-0.39, 0.29) is 117 Å². The first kappa shape index (κ1) is 82.1. The maximum atomic E-state index is 13.2. The molecule has 0 saturated carbocycles. The molecule has 2 N–H and O–H groups in total. The summed E-state index contributed by atoms with van der Waals surface area (Å²) in [6.07, 6.45) is 11.2. The normalized spacial score (nSPS) is 10.4. The predicted molar refractivity (Wildman–Crippen MR) is 266 cm³/mol. The largest absolute Gasteiger partial charge is 1.00 e. The second-order valence-electron chi connectivity index (χ2n) is 10.7. The van der Waals surface area contributed by atoms with Crippen LogP contribution in [0.15, 0.2) is 70.7 Å². The number of aliphatic hydroxyl groups is 1. The minimum Gasteiger partial charge on any atom is -0.870 e. The molecule has 1 radical (unpaired) electrons. The van der Waals surface area contributed by atoms with Crippen LogP contribution in [0.4, 0.5) is 39.5 Å². The molecule has 0 unspecified atom stereocenters. The topological polar surface area (TPSA) is 232 Å². The van der Waals surface area contributed by atoms with Gasteiger partial charge in [0.25, 0.3) is 5.92 Å². The van der Waals surface area contributed by atoms with Crippen molar-refractivity contribution in [2.24, 2.45) is 0 Å². The molecule has 0 aliphatic rings. The Morgan fingerprint density at radius 2 is 0.972 bits per heavy atom. The van der Waals surface area contributed by atoms with Gasteiger partial charge in [0.2, 0.25) is 0 Å². The van der Waals surface area contributed by atoms with Crippen LogP contribution in [-0.2, 0) is 53.9 Å². The Morgan fingerprint density at radius 3 is 1.24 bits per heavy atom. The van der Waals surface area contributed by atoms with Crippen molar-refractivity contribution < 1.29 is 116 Å². The molecule has 403 valence electrons. The average molecular weight is 1550 g/mol. The van der Waals surface area contributed by atoms with Gasteiger partial charge in [-0.1, -0.05) is 95.4 Å². The van der Waals surface area contributed by atoms with Crippen LogP contribution >= 0.6 is 135 Å². The monoisotopic (exact) mass is 1550 g/mol. The molecule has 0 aliphatic heterocycles. The number of esters is 2. The van der Waals surface area contributed by atoms with Gasteiger partial charge in [0.05, 0.1) is 79.6 Å². The molecule has 0 spiro atoms. The Bertz CT molecular complexity index is 2210. The fourth-order valence-corrected chi connectivity index (χ4v) is 4.47. The number of nitrogens with zero attached hydrogens (tertiary/aromatic N) is 10. The van der Waals surface area contributed by atoms with Crippen LogP contribution in [0, 0.1) is 0 Å². The number of hydrogen-bond donors (Lipinski definition) is 1. The molecule has 0 bridgehead atoms. The molecule has 5 aromatic rings. The maximum Gasteiger partial charge on any atom is 1.00 e. The quantitative estimate of drug-likeness (QED) is 0.0450. The molecule has 0 amide bonds. The number of carbonyl (C=O) groups is 2. The van der Waals surface area contributed by atoms with Gasteiger partial charge in [-0.15, -0.1) is 0 Å². The van der Waals surface area contributed by atoms with Gasteiger partial charge in [-0.3, -0.25) is 9.97 Å². The van der Waals surface area contributed by atoms with Gasteiger partial charge in [-0.2, -0.15) is 35.1 Å². The van der Waals surface area contributed by atoms with E-state index in [2.05, 4.69) is 75.2 Å². The summed E-state index contributed by atoms with van der Waals surface area (Å²) in [6, 6.07) is 0. The van der Waals surface area contributed by atoms with Crippen molar-refractivity contribution in [3.05, 3.63) is 119 Å². The predicted octanol–water partition coefficient (Wildman–Crippen LogP) is 10.0. The first-order valence-corrected chi connectivity index (χ1v) is 23.1. The summed E-state index contributed by atoms with van der Waals surface area (Å²) in [7, 11) is 0. The van der Waals surface area contributed by atoms with E-state index in [4.69, 9.17) is 63.1 Å². The first-order chi connectivity index (χ1) is 31.1. The second-order valence-corrected chi connectivity index (χ2v) is 15.9. The smallest absolute Gasteiger partial charge is 0.870 e. The summed E-state index contributed by atoms with van der Waals surface area (Å²) in [4.78, 5) is 52.7. The molecule has 0 aromatic carbocycles. The van der Waals surface area contributed by atoms with Crippen LogP contribution in [0.2, 0.25) is 25.8 Å². The molecule has 0 fully saturated rings. The zero-order valence-corrected chi connectivity index (χ0v) is 49.0. The van der Waals surface area contributed by atoms with E-state index in [0.29, 0.717) is 9.76 Å². The van der Waals surface area contributed by atoms with E-state index in [9.17, 15) is 49.1 Å². The summed E-state index contributed by atoms with van der Waals surface area (Å²) in [5, 5.41) is 9.06. The number of aromatic nitrogens is 10. The van der Waals surface area contributed by atoms with Crippen molar-refractivity contribution in [2.45, 2.75) is 51.3 Å². The Morgan fingerprint density at radius 1 is 0.625 bits per heavy atom. The van der Waals surface area contributed by atoms with Gasteiger partial charge in [-0.05, 0) is 52.4 Å². The minimum absolute atomic E-state index is 0. The molecule has 0 aliphatic carbocycles. The third-order valence-corrected chi connectivity index (χ3v) is 9.10. The van der Waals surface area contributed by atoms with Crippen LogP contribution in [0.25, 0.3) is 5.83 Å². The first-order valence-electron chi connectivity index (χ1n) is 16.8. The van der Waals surface area contributed by atoms with Crippen LogP contribution in [0.1, 0.15) is 51.5 Å². The number of rotatable bonds is 10. The standard InChI is InChI=1S/C8H7ClF2N2O2.C6H4ClF2IN2.C6H5ClF2N2O.C6H3ClFIN2.C4H2BrClN2.C4H5BrF2O2.2CH4.Cu.Na.H2O/c1-2-15-7(14)8(10,11)5-3-13-6(9)4-12-5;7-5-2-11-4(1-12-5)6(8,9)3-10;7-5-2-10-4(1-11-5)6(8,9)3-12;7-6-3-10-5(2-11-6)4(8)1-9;5-3-1-8-4(6)2-7-3;1-2-9-3(8)4(5,6)7;;;;;/h3-4H,2H2,1H3;1-2H,3H2;1-2,12H,3H2;1-3H;1-2H;2H2,1H3;2*1H4;;;1H2/q;;;;;;;;;+1;/p-1/b;;;4-1-;;;;;;;. The summed E-state index contributed by atoms with van der Waals surface area (Å²) in [5.41, 5.74) is -1.52. The van der Waals surface area contributed by atoms with E-state index < -0.39 is 58.4 Å². The van der Waals surface area contributed by atoms with Gasteiger partial charge < -0.3 is 20.1 Å². The fraction of sp³-hybridized carbons (Fsp3) is 0.333. The number of halogens is 18. The molecule has 5 heterocycles. The van der Waals surface area contributed by atoms with Crippen molar-refractivity contribution in [1.29, 1.82) is 0 Å². The summed E-state index contributed by atoms with van der Waals surface area (Å²) in [5.74, 6) is -13.7. The molecule has 0 saturated heterocycles. The zero-order chi connectivity index (χ0) is 51.6. The van der Waals surface area contributed by atoms with Crippen LogP contribution < -0.4 is 29.6 Å². The molecule has 36 heteroatoms. The number of carbonyl (C=O) groups excluding carboxylic acids is 2. The van der Waals surface area contributed by atoms with Gasteiger partial charge in [0.15, 0.2) is 5.83 Å². The number of alkyl halides is 10. The third kappa shape index (κ3) is 33.7. The SMILES string of the molecule is C.C.CCOC(=O)C(F)(F)Br.CCOC(=O)C(F)(F)c1cnc(Cl)cn1.Clc1cnc(Br)cn1.F/C(=C\I)c1cnc(Cl)cn1.FC(F)(CI)c1cnc(Cl)cn1.OCC(F)(F)c1cnc(Cl)cn1.[Cu].[Na+].[OH-]. The Hall–Kier alpha value is -1.24. The summed E-state index contributed by atoms with van der Waals surface area (Å²) in [6.45, 7) is 1.43.